The van der Waals surface area contributed by atoms with E-state index in [2.05, 4.69) is 10.3 Å². The monoisotopic (exact) mass is 400 g/mol. The van der Waals surface area contributed by atoms with Gasteiger partial charge in [0.25, 0.3) is 17.2 Å². The summed E-state index contributed by atoms with van der Waals surface area (Å²) in [5.41, 5.74) is 1.67. The predicted octanol–water partition coefficient (Wildman–Crippen LogP) is 3.85. The third-order valence-electron chi connectivity index (χ3n) is 4.65. The van der Waals surface area contributed by atoms with Crippen LogP contribution in [0.15, 0.2) is 77.6 Å². The second-order valence-corrected chi connectivity index (χ2v) is 6.63. The predicted molar refractivity (Wildman–Crippen MR) is 113 cm³/mol. The van der Waals surface area contributed by atoms with E-state index in [1.165, 1.54) is 28.8 Å². The van der Waals surface area contributed by atoms with Crippen molar-refractivity contribution in [1.82, 2.24) is 9.55 Å². The van der Waals surface area contributed by atoms with Crippen molar-refractivity contribution in [3.8, 4) is 5.69 Å². The highest BCUT2D eigenvalue weighted by molar-refractivity contribution is 6.04. The van der Waals surface area contributed by atoms with Crippen molar-refractivity contribution in [3.05, 3.63) is 105 Å². The van der Waals surface area contributed by atoms with E-state index in [4.69, 9.17) is 0 Å². The summed E-state index contributed by atoms with van der Waals surface area (Å²) in [5, 5.41) is 14.0. The number of para-hydroxylation sites is 1. The number of nitrogens with zero attached hydrogens (tertiary/aromatic N) is 3. The molecule has 0 aliphatic heterocycles. The lowest BCUT2D eigenvalue weighted by atomic mass is 10.2. The van der Waals surface area contributed by atoms with Crippen LogP contribution in [0.5, 0.6) is 0 Å². The second-order valence-electron chi connectivity index (χ2n) is 6.63. The van der Waals surface area contributed by atoms with E-state index in [0.29, 0.717) is 28.1 Å². The number of carbonyl (C=O) groups excluding carboxylic acids is 1. The molecule has 1 heterocycles. The largest absolute Gasteiger partial charge is 0.322 e. The molecule has 0 spiro atoms. The van der Waals surface area contributed by atoms with Crippen LogP contribution in [-0.2, 0) is 0 Å². The molecule has 0 saturated heterocycles. The number of benzene rings is 3. The summed E-state index contributed by atoms with van der Waals surface area (Å²) >= 11 is 0. The van der Waals surface area contributed by atoms with Gasteiger partial charge in [0, 0.05) is 23.4 Å². The smallest absolute Gasteiger partial charge is 0.269 e. The molecule has 1 aromatic heterocycles. The minimum absolute atomic E-state index is 0.0906. The Labute approximate surface area is 170 Å². The average molecular weight is 400 g/mol. The fraction of sp³-hybridized carbons (Fsp3) is 0.0455. The maximum absolute atomic E-state index is 13.0. The van der Waals surface area contributed by atoms with Gasteiger partial charge < -0.3 is 5.32 Å². The number of rotatable bonds is 4. The number of amides is 1. The van der Waals surface area contributed by atoms with Gasteiger partial charge in [0.2, 0.25) is 0 Å². The van der Waals surface area contributed by atoms with E-state index in [9.17, 15) is 19.7 Å². The molecule has 0 aliphatic rings. The van der Waals surface area contributed by atoms with Crippen LogP contribution in [0.2, 0.25) is 0 Å². The summed E-state index contributed by atoms with van der Waals surface area (Å²) in [5.74, 6) is 0.111. The minimum atomic E-state index is -0.525. The molecule has 1 N–H and O–H groups in total. The number of aromatic nitrogens is 2. The van der Waals surface area contributed by atoms with Crippen LogP contribution in [0.1, 0.15) is 16.2 Å². The van der Waals surface area contributed by atoms with Crippen molar-refractivity contribution in [1.29, 1.82) is 0 Å². The van der Waals surface area contributed by atoms with Crippen LogP contribution in [0, 0.1) is 17.0 Å². The van der Waals surface area contributed by atoms with E-state index in [-0.39, 0.29) is 16.8 Å². The van der Waals surface area contributed by atoms with E-state index in [1.54, 1.807) is 49.4 Å². The summed E-state index contributed by atoms with van der Waals surface area (Å²) in [6, 6.07) is 19.3. The molecule has 3 aromatic carbocycles. The molecule has 8 nitrogen and oxygen atoms in total. The maximum atomic E-state index is 13.0. The second kappa shape index (κ2) is 7.59. The van der Waals surface area contributed by atoms with Gasteiger partial charge in [-0.25, -0.2) is 4.98 Å². The van der Waals surface area contributed by atoms with Gasteiger partial charge >= 0.3 is 0 Å². The third kappa shape index (κ3) is 3.53. The Balaban J connectivity index is 1.67. The van der Waals surface area contributed by atoms with Crippen LogP contribution in [0.3, 0.4) is 0 Å². The van der Waals surface area contributed by atoms with Gasteiger partial charge in [-0.1, -0.05) is 18.2 Å². The maximum Gasteiger partial charge on any atom is 0.269 e. The van der Waals surface area contributed by atoms with Crippen molar-refractivity contribution in [3.63, 3.8) is 0 Å². The number of hydrogen-bond donors (Lipinski definition) is 1. The molecule has 0 bridgehead atoms. The van der Waals surface area contributed by atoms with Crippen molar-refractivity contribution < 1.29 is 9.72 Å². The van der Waals surface area contributed by atoms with Crippen molar-refractivity contribution in [2.24, 2.45) is 0 Å². The van der Waals surface area contributed by atoms with Crippen molar-refractivity contribution in [2.75, 3.05) is 5.32 Å². The number of nitro benzene ring substituents is 1. The van der Waals surface area contributed by atoms with Gasteiger partial charge in [0.05, 0.1) is 21.5 Å². The number of nitro groups is 1. The van der Waals surface area contributed by atoms with Crippen molar-refractivity contribution in [2.45, 2.75) is 6.92 Å². The lowest BCUT2D eigenvalue weighted by molar-refractivity contribution is -0.384. The first-order chi connectivity index (χ1) is 14.4. The lowest BCUT2D eigenvalue weighted by Gasteiger charge is -2.12. The molecule has 30 heavy (non-hydrogen) atoms. The number of carbonyl (C=O) groups is 1. The Bertz CT molecular complexity index is 1340. The van der Waals surface area contributed by atoms with Gasteiger partial charge in [-0.15, -0.1) is 0 Å². The lowest BCUT2D eigenvalue weighted by Crippen LogP contribution is -2.22. The number of nitrogens with one attached hydrogen (secondary N) is 1. The van der Waals surface area contributed by atoms with Gasteiger partial charge in [0.1, 0.15) is 5.82 Å². The molecule has 0 atom stereocenters. The average Bonchev–Trinajstić information content (AvgIpc) is 2.74. The van der Waals surface area contributed by atoms with E-state index in [0.717, 1.165) is 0 Å². The van der Waals surface area contributed by atoms with Gasteiger partial charge in [-0.05, 0) is 49.4 Å². The van der Waals surface area contributed by atoms with Gasteiger partial charge in [-0.3, -0.25) is 24.3 Å². The highest BCUT2D eigenvalue weighted by Gasteiger charge is 2.12. The van der Waals surface area contributed by atoms with E-state index in [1.807, 2.05) is 6.07 Å². The molecular weight excluding hydrogens is 384 g/mol. The number of aryl methyl sites for hydroxylation is 1. The highest BCUT2D eigenvalue weighted by Crippen LogP contribution is 2.18. The SMILES string of the molecule is Cc1nc2ccccc2c(=O)n1-c1cccc(NC(=O)c2ccc([N+](=O)[O-])cc2)c1. The van der Waals surface area contributed by atoms with E-state index < -0.39 is 10.8 Å². The zero-order valence-corrected chi connectivity index (χ0v) is 15.9. The summed E-state index contributed by atoms with van der Waals surface area (Å²) in [6.07, 6.45) is 0. The van der Waals surface area contributed by atoms with Crippen LogP contribution < -0.4 is 10.9 Å². The van der Waals surface area contributed by atoms with Crippen LogP contribution in [-0.4, -0.2) is 20.4 Å². The first-order valence-electron chi connectivity index (χ1n) is 9.09. The molecular formula is C22H16N4O4. The van der Waals surface area contributed by atoms with E-state index >= 15 is 0 Å². The Kier molecular flexibility index (Phi) is 4.81. The number of hydrogen-bond acceptors (Lipinski definition) is 5. The number of anilines is 1. The summed E-state index contributed by atoms with van der Waals surface area (Å²) < 4.78 is 1.49. The standard InChI is InChI=1S/C22H16N4O4/c1-14-23-20-8-3-2-7-19(20)22(28)25(14)18-6-4-5-16(13-18)24-21(27)15-9-11-17(12-10-15)26(29)30/h2-13H,1H3,(H,24,27). The molecule has 0 saturated carbocycles. The van der Waals surface area contributed by atoms with Crippen LogP contribution >= 0.6 is 0 Å². The summed E-state index contributed by atoms with van der Waals surface area (Å²) in [4.78, 5) is 40.2. The first kappa shape index (κ1) is 19.0. The molecule has 0 aliphatic carbocycles. The Morgan fingerprint density at radius 1 is 1.03 bits per heavy atom. The zero-order valence-electron chi connectivity index (χ0n) is 15.9. The Morgan fingerprint density at radius 3 is 2.50 bits per heavy atom. The summed E-state index contributed by atoms with van der Waals surface area (Å²) in [7, 11) is 0. The fourth-order valence-corrected chi connectivity index (χ4v) is 3.21. The fourth-order valence-electron chi connectivity index (χ4n) is 3.21. The topological polar surface area (TPSA) is 107 Å². The number of fused-ring (bicyclic) bond motifs is 1. The molecule has 8 heteroatoms. The minimum Gasteiger partial charge on any atom is -0.322 e. The Hall–Kier alpha value is -4.33. The van der Waals surface area contributed by atoms with Crippen LogP contribution in [0.25, 0.3) is 16.6 Å². The molecule has 4 aromatic rings. The van der Waals surface area contributed by atoms with Gasteiger partial charge in [0.15, 0.2) is 0 Å². The first-order valence-corrected chi connectivity index (χ1v) is 9.09. The molecule has 0 radical (unpaired) electrons. The Morgan fingerprint density at radius 2 is 1.77 bits per heavy atom. The molecule has 0 fully saturated rings. The molecule has 148 valence electrons. The zero-order chi connectivity index (χ0) is 21.3. The molecule has 4 rings (SSSR count). The van der Waals surface area contributed by atoms with Crippen LogP contribution in [0.4, 0.5) is 11.4 Å². The molecule has 1 amide bonds. The quantitative estimate of drug-likeness (QED) is 0.413. The summed E-state index contributed by atoms with van der Waals surface area (Å²) in [6.45, 7) is 1.75. The van der Waals surface area contributed by atoms with Gasteiger partial charge in [-0.2, -0.15) is 0 Å². The normalized spacial score (nSPS) is 10.7. The molecule has 0 unspecified atom stereocenters. The third-order valence-corrected chi connectivity index (χ3v) is 4.65. The highest BCUT2D eigenvalue weighted by atomic mass is 16.6. The number of non-ortho nitro benzene ring substituents is 1. The van der Waals surface area contributed by atoms with Crippen molar-refractivity contribution >= 4 is 28.2 Å².